The SMILES string of the molecule is CN(C)CC1CC2(C=CC1=O)CCN(C)CC2. The third-order valence-electron chi connectivity index (χ3n) is 4.22. The van der Waals surface area contributed by atoms with Crippen molar-refractivity contribution in [2.24, 2.45) is 11.3 Å². The number of ketones is 1. The van der Waals surface area contributed by atoms with Crippen LogP contribution < -0.4 is 0 Å². The molecule has 0 bridgehead atoms. The van der Waals surface area contributed by atoms with Gasteiger partial charge >= 0.3 is 0 Å². The van der Waals surface area contributed by atoms with Gasteiger partial charge in [-0.15, -0.1) is 0 Å². The molecule has 0 radical (unpaired) electrons. The Labute approximate surface area is 104 Å². The second-order valence-corrected chi connectivity index (χ2v) is 6.06. The fourth-order valence-electron chi connectivity index (χ4n) is 3.08. The van der Waals surface area contributed by atoms with Crippen LogP contribution in [0.3, 0.4) is 0 Å². The molecule has 1 aliphatic heterocycles. The molecule has 1 fully saturated rings. The Bertz CT molecular complexity index is 314. The van der Waals surface area contributed by atoms with Gasteiger partial charge in [0.2, 0.25) is 0 Å². The second kappa shape index (κ2) is 4.91. The smallest absolute Gasteiger partial charge is 0.159 e. The molecule has 2 aliphatic rings. The quantitative estimate of drug-likeness (QED) is 0.724. The summed E-state index contributed by atoms with van der Waals surface area (Å²) in [6, 6.07) is 0. The molecule has 1 heterocycles. The van der Waals surface area contributed by atoms with E-state index in [4.69, 9.17) is 0 Å². The minimum atomic E-state index is 0.207. The van der Waals surface area contributed by atoms with Crippen molar-refractivity contribution < 1.29 is 4.79 Å². The topological polar surface area (TPSA) is 23.6 Å². The number of hydrogen-bond donors (Lipinski definition) is 0. The number of carbonyl (C=O) groups is 1. The molecule has 0 aromatic carbocycles. The summed E-state index contributed by atoms with van der Waals surface area (Å²) in [5, 5.41) is 0. The second-order valence-electron chi connectivity index (χ2n) is 6.06. The monoisotopic (exact) mass is 236 g/mol. The highest BCUT2D eigenvalue weighted by atomic mass is 16.1. The van der Waals surface area contributed by atoms with Crippen molar-refractivity contribution in [1.82, 2.24) is 9.80 Å². The summed E-state index contributed by atoms with van der Waals surface area (Å²) in [4.78, 5) is 16.4. The minimum absolute atomic E-state index is 0.207. The molecule has 17 heavy (non-hydrogen) atoms. The molecule has 0 aromatic heterocycles. The molecule has 1 atom stereocenters. The highest BCUT2D eigenvalue weighted by Crippen LogP contribution is 2.41. The molecule has 0 amide bonds. The standard InChI is InChI=1S/C14H24N2O/c1-15(2)11-12-10-14(5-4-13(12)17)6-8-16(3)9-7-14/h4-5,12H,6-11H2,1-3H3. The maximum Gasteiger partial charge on any atom is 0.159 e. The van der Waals surface area contributed by atoms with Crippen molar-refractivity contribution >= 4 is 5.78 Å². The summed E-state index contributed by atoms with van der Waals surface area (Å²) in [6.45, 7) is 3.21. The van der Waals surface area contributed by atoms with Gasteiger partial charge in [-0.05, 0) is 65.0 Å². The Kier molecular flexibility index (Phi) is 3.69. The van der Waals surface area contributed by atoms with Gasteiger partial charge < -0.3 is 9.80 Å². The van der Waals surface area contributed by atoms with Gasteiger partial charge in [0.25, 0.3) is 0 Å². The van der Waals surface area contributed by atoms with Crippen LogP contribution in [0.1, 0.15) is 19.3 Å². The lowest BCUT2D eigenvalue weighted by molar-refractivity contribution is -0.120. The average molecular weight is 236 g/mol. The summed E-state index contributed by atoms with van der Waals surface area (Å²) in [5.74, 6) is 0.529. The van der Waals surface area contributed by atoms with Gasteiger partial charge in [0.1, 0.15) is 0 Å². The first-order valence-corrected chi connectivity index (χ1v) is 6.57. The number of rotatable bonds is 2. The Morgan fingerprint density at radius 3 is 2.65 bits per heavy atom. The zero-order valence-corrected chi connectivity index (χ0v) is 11.3. The van der Waals surface area contributed by atoms with E-state index in [1.165, 1.54) is 12.8 Å². The molecular formula is C14H24N2O. The first-order chi connectivity index (χ1) is 8.01. The summed E-state index contributed by atoms with van der Waals surface area (Å²) >= 11 is 0. The zero-order valence-electron chi connectivity index (χ0n) is 11.3. The summed E-state index contributed by atoms with van der Waals surface area (Å²) < 4.78 is 0. The number of carbonyl (C=O) groups excluding carboxylic acids is 1. The minimum Gasteiger partial charge on any atom is -0.309 e. The van der Waals surface area contributed by atoms with E-state index in [9.17, 15) is 4.79 Å². The van der Waals surface area contributed by atoms with E-state index in [0.29, 0.717) is 11.2 Å². The molecule has 1 aliphatic carbocycles. The number of piperidine rings is 1. The Balaban J connectivity index is 2.06. The maximum absolute atomic E-state index is 11.9. The van der Waals surface area contributed by atoms with Gasteiger partial charge in [0.05, 0.1) is 0 Å². The van der Waals surface area contributed by atoms with Crippen molar-refractivity contribution in [3.63, 3.8) is 0 Å². The zero-order chi connectivity index (χ0) is 12.5. The van der Waals surface area contributed by atoms with E-state index >= 15 is 0 Å². The fourth-order valence-corrected chi connectivity index (χ4v) is 3.08. The van der Waals surface area contributed by atoms with Crippen LogP contribution >= 0.6 is 0 Å². The molecule has 0 N–H and O–H groups in total. The van der Waals surface area contributed by atoms with Crippen molar-refractivity contribution in [3.05, 3.63) is 12.2 Å². The van der Waals surface area contributed by atoms with Gasteiger partial charge in [0, 0.05) is 12.5 Å². The summed E-state index contributed by atoms with van der Waals surface area (Å²) in [6.07, 6.45) is 7.51. The van der Waals surface area contributed by atoms with Crippen LogP contribution in [0.15, 0.2) is 12.2 Å². The molecule has 1 unspecified atom stereocenters. The predicted molar refractivity (Wildman–Crippen MR) is 70.0 cm³/mol. The molecule has 3 heteroatoms. The summed E-state index contributed by atoms with van der Waals surface area (Å²) in [7, 11) is 6.28. The molecule has 1 spiro atoms. The van der Waals surface area contributed by atoms with Crippen LogP contribution in [-0.2, 0) is 4.79 Å². The van der Waals surface area contributed by atoms with Crippen LogP contribution in [0.5, 0.6) is 0 Å². The highest BCUT2D eigenvalue weighted by molar-refractivity contribution is 5.93. The lowest BCUT2D eigenvalue weighted by Crippen LogP contribution is -2.42. The van der Waals surface area contributed by atoms with Gasteiger partial charge in [-0.25, -0.2) is 0 Å². The lowest BCUT2D eigenvalue weighted by Gasteiger charge is -2.42. The largest absolute Gasteiger partial charge is 0.309 e. The van der Waals surface area contributed by atoms with Crippen LogP contribution in [0, 0.1) is 11.3 Å². The van der Waals surface area contributed by atoms with E-state index in [2.05, 4.69) is 22.9 Å². The molecule has 2 rings (SSSR count). The normalized spacial score (nSPS) is 29.2. The third kappa shape index (κ3) is 2.96. The number of likely N-dealkylation sites (tertiary alicyclic amines) is 1. The highest BCUT2D eigenvalue weighted by Gasteiger charge is 2.38. The van der Waals surface area contributed by atoms with Gasteiger partial charge in [-0.2, -0.15) is 0 Å². The van der Waals surface area contributed by atoms with Gasteiger partial charge in [0.15, 0.2) is 5.78 Å². The van der Waals surface area contributed by atoms with E-state index in [1.807, 2.05) is 20.2 Å². The van der Waals surface area contributed by atoms with Crippen molar-refractivity contribution in [1.29, 1.82) is 0 Å². The first kappa shape index (κ1) is 12.8. The van der Waals surface area contributed by atoms with Crippen LogP contribution in [0.2, 0.25) is 0 Å². The van der Waals surface area contributed by atoms with Crippen molar-refractivity contribution in [2.45, 2.75) is 19.3 Å². The lowest BCUT2D eigenvalue weighted by atomic mass is 9.68. The number of hydrogen-bond acceptors (Lipinski definition) is 3. The molecule has 96 valence electrons. The van der Waals surface area contributed by atoms with E-state index in [-0.39, 0.29) is 5.92 Å². The van der Waals surface area contributed by atoms with Crippen LogP contribution in [0.4, 0.5) is 0 Å². The molecular weight excluding hydrogens is 212 g/mol. The van der Waals surface area contributed by atoms with E-state index < -0.39 is 0 Å². The molecule has 0 saturated carbocycles. The van der Waals surface area contributed by atoms with Crippen molar-refractivity contribution in [3.8, 4) is 0 Å². The third-order valence-corrected chi connectivity index (χ3v) is 4.22. The first-order valence-electron chi connectivity index (χ1n) is 6.57. The number of allylic oxidation sites excluding steroid dienone is 2. The molecule has 3 nitrogen and oxygen atoms in total. The summed E-state index contributed by atoms with van der Waals surface area (Å²) in [5.41, 5.74) is 0.307. The predicted octanol–water partition coefficient (Wildman–Crippen LogP) is 1.41. The van der Waals surface area contributed by atoms with E-state index in [1.54, 1.807) is 0 Å². The van der Waals surface area contributed by atoms with Crippen molar-refractivity contribution in [2.75, 3.05) is 40.8 Å². The van der Waals surface area contributed by atoms with Crippen LogP contribution in [0.25, 0.3) is 0 Å². The molecule has 1 saturated heterocycles. The Morgan fingerprint density at radius 2 is 2.06 bits per heavy atom. The maximum atomic E-state index is 11.9. The fraction of sp³-hybridized carbons (Fsp3) is 0.786. The average Bonchev–Trinajstić information content (AvgIpc) is 2.28. The van der Waals surface area contributed by atoms with E-state index in [0.717, 1.165) is 26.1 Å². The Hall–Kier alpha value is -0.670. The van der Waals surface area contributed by atoms with Gasteiger partial charge in [-0.3, -0.25) is 4.79 Å². The Morgan fingerprint density at radius 1 is 1.41 bits per heavy atom. The van der Waals surface area contributed by atoms with Gasteiger partial charge in [-0.1, -0.05) is 6.08 Å². The number of nitrogens with zero attached hydrogens (tertiary/aromatic N) is 2. The van der Waals surface area contributed by atoms with Crippen LogP contribution in [-0.4, -0.2) is 56.4 Å². The molecule has 0 aromatic rings.